The van der Waals surface area contributed by atoms with Crippen LogP contribution in [0, 0.1) is 6.92 Å². The van der Waals surface area contributed by atoms with Crippen LogP contribution in [0.1, 0.15) is 28.7 Å². The van der Waals surface area contributed by atoms with Gasteiger partial charge in [-0.05, 0) is 13.3 Å². The van der Waals surface area contributed by atoms with Gasteiger partial charge in [-0.1, -0.05) is 6.92 Å². The first-order chi connectivity index (χ1) is 6.63. The number of fused-ring (bicyclic) bond motifs is 1. The quantitative estimate of drug-likeness (QED) is 0.769. The van der Waals surface area contributed by atoms with E-state index in [1.54, 1.807) is 0 Å². The number of rotatable bonds is 2. The number of hydrogen-bond donors (Lipinski definition) is 2. The summed E-state index contributed by atoms with van der Waals surface area (Å²) >= 11 is 0. The van der Waals surface area contributed by atoms with Crippen LogP contribution < -0.4 is 0 Å². The third-order valence-corrected chi connectivity index (χ3v) is 2.36. The monoisotopic (exact) mass is 193 g/mol. The van der Waals surface area contributed by atoms with Gasteiger partial charge in [0.25, 0.3) is 0 Å². The molecule has 2 aromatic heterocycles. The van der Waals surface area contributed by atoms with E-state index in [9.17, 15) is 4.79 Å². The van der Waals surface area contributed by atoms with Crippen molar-refractivity contribution in [2.45, 2.75) is 20.3 Å². The lowest BCUT2D eigenvalue weighted by molar-refractivity contribution is 0.0691. The largest absolute Gasteiger partial charge is 0.477 e. The highest BCUT2D eigenvalue weighted by Gasteiger charge is 2.15. The Morgan fingerprint density at radius 1 is 1.64 bits per heavy atom. The fraction of sp³-hybridized carbons (Fsp3) is 0.300. The molecule has 14 heavy (non-hydrogen) atoms. The lowest BCUT2D eigenvalue weighted by atomic mass is 10.2. The summed E-state index contributed by atoms with van der Waals surface area (Å²) in [5, 5.41) is 8.76. The van der Waals surface area contributed by atoms with Crippen LogP contribution in [0.2, 0.25) is 0 Å². The summed E-state index contributed by atoms with van der Waals surface area (Å²) in [4.78, 5) is 13.5. The average molecular weight is 193 g/mol. The highest BCUT2D eigenvalue weighted by Crippen LogP contribution is 2.26. The number of aromatic carboxylic acids is 1. The summed E-state index contributed by atoms with van der Waals surface area (Å²) in [6, 6.07) is 1.52. The number of furan rings is 1. The van der Waals surface area contributed by atoms with Crippen LogP contribution in [0.3, 0.4) is 0 Å². The molecule has 2 rings (SSSR count). The lowest BCUT2D eigenvalue weighted by Crippen LogP contribution is -1.95. The molecule has 0 aliphatic heterocycles. The summed E-state index contributed by atoms with van der Waals surface area (Å²) < 4.78 is 5.43. The second-order valence-electron chi connectivity index (χ2n) is 3.22. The molecule has 0 saturated carbocycles. The number of carboxylic acid groups (broad SMARTS) is 1. The molecule has 2 N–H and O–H groups in total. The topological polar surface area (TPSA) is 66.2 Å². The SMILES string of the molecule is CCc1c(C)oc2cc(C(=O)O)[nH]c12. The van der Waals surface area contributed by atoms with Gasteiger partial charge in [-0.15, -0.1) is 0 Å². The van der Waals surface area contributed by atoms with Crippen LogP contribution >= 0.6 is 0 Å². The third kappa shape index (κ3) is 1.11. The van der Waals surface area contributed by atoms with Crippen LogP contribution in [-0.4, -0.2) is 16.1 Å². The highest BCUT2D eigenvalue weighted by molar-refractivity contribution is 5.93. The zero-order valence-electron chi connectivity index (χ0n) is 8.05. The number of hydrogen-bond acceptors (Lipinski definition) is 2. The van der Waals surface area contributed by atoms with E-state index in [1.807, 2.05) is 13.8 Å². The average Bonchev–Trinajstić information content (AvgIpc) is 2.60. The fourth-order valence-electron chi connectivity index (χ4n) is 1.68. The molecule has 0 aliphatic carbocycles. The number of H-pyrrole nitrogens is 1. The van der Waals surface area contributed by atoms with E-state index in [0.29, 0.717) is 5.58 Å². The number of aromatic nitrogens is 1. The molecule has 0 amide bonds. The molecule has 4 heteroatoms. The highest BCUT2D eigenvalue weighted by atomic mass is 16.4. The Labute approximate surface area is 80.5 Å². The van der Waals surface area contributed by atoms with Crippen molar-refractivity contribution in [3.8, 4) is 0 Å². The van der Waals surface area contributed by atoms with E-state index >= 15 is 0 Å². The maximum Gasteiger partial charge on any atom is 0.352 e. The molecule has 0 aromatic carbocycles. The molecule has 0 bridgehead atoms. The fourth-order valence-corrected chi connectivity index (χ4v) is 1.68. The molecular weight excluding hydrogens is 182 g/mol. The van der Waals surface area contributed by atoms with Gasteiger partial charge in [0.05, 0.1) is 5.52 Å². The Bertz CT molecular complexity index is 493. The van der Waals surface area contributed by atoms with Crippen molar-refractivity contribution >= 4 is 17.1 Å². The first kappa shape index (κ1) is 8.87. The van der Waals surface area contributed by atoms with Crippen molar-refractivity contribution in [1.82, 2.24) is 4.98 Å². The number of aromatic amines is 1. The number of carbonyl (C=O) groups is 1. The first-order valence-electron chi connectivity index (χ1n) is 4.47. The van der Waals surface area contributed by atoms with Gasteiger partial charge >= 0.3 is 5.97 Å². The van der Waals surface area contributed by atoms with Crippen molar-refractivity contribution in [3.05, 3.63) is 23.1 Å². The van der Waals surface area contributed by atoms with Crippen LogP contribution in [0.4, 0.5) is 0 Å². The minimum Gasteiger partial charge on any atom is -0.477 e. The molecule has 0 atom stereocenters. The van der Waals surface area contributed by atoms with E-state index in [0.717, 1.165) is 23.3 Å². The van der Waals surface area contributed by atoms with E-state index in [-0.39, 0.29) is 5.69 Å². The Kier molecular flexibility index (Phi) is 1.84. The van der Waals surface area contributed by atoms with E-state index in [1.165, 1.54) is 6.07 Å². The summed E-state index contributed by atoms with van der Waals surface area (Å²) in [5.41, 5.74) is 2.65. The Morgan fingerprint density at radius 3 is 2.93 bits per heavy atom. The first-order valence-corrected chi connectivity index (χ1v) is 4.47. The normalized spacial score (nSPS) is 11.0. The molecule has 4 nitrogen and oxygen atoms in total. The molecule has 2 aromatic rings. The zero-order chi connectivity index (χ0) is 10.3. The van der Waals surface area contributed by atoms with Crippen molar-refractivity contribution in [3.63, 3.8) is 0 Å². The van der Waals surface area contributed by atoms with Gasteiger partial charge in [0.1, 0.15) is 11.5 Å². The Hall–Kier alpha value is -1.71. The third-order valence-electron chi connectivity index (χ3n) is 2.36. The minimum atomic E-state index is -0.962. The number of nitrogens with one attached hydrogen (secondary N) is 1. The number of carboxylic acids is 1. The van der Waals surface area contributed by atoms with E-state index in [4.69, 9.17) is 9.52 Å². The molecule has 0 saturated heterocycles. The number of aryl methyl sites for hydroxylation is 2. The maximum atomic E-state index is 10.7. The predicted octanol–water partition coefficient (Wildman–Crippen LogP) is 2.33. The summed E-state index contributed by atoms with van der Waals surface area (Å²) in [6.07, 6.45) is 0.832. The van der Waals surface area contributed by atoms with Crippen molar-refractivity contribution in [1.29, 1.82) is 0 Å². The smallest absolute Gasteiger partial charge is 0.352 e. The standard InChI is InChI=1S/C10H11NO3/c1-3-6-5(2)14-8-4-7(10(12)13)11-9(6)8/h4,11H,3H2,1-2H3,(H,12,13). The molecule has 74 valence electrons. The van der Waals surface area contributed by atoms with Gasteiger partial charge in [0, 0.05) is 11.6 Å². The second kappa shape index (κ2) is 2.90. The van der Waals surface area contributed by atoms with Crippen LogP contribution in [0.15, 0.2) is 10.5 Å². The van der Waals surface area contributed by atoms with Crippen molar-refractivity contribution in [2.24, 2.45) is 0 Å². The Balaban J connectivity index is 2.68. The summed E-state index contributed by atoms with van der Waals surface area (Å²) in [5.74, 6) is -0.109. The molecule has 0 unspecified atom stereocenters. The van der Waals surface area contributed by atoms with Crippen molar-refractivity contribution in [2.75, 3.05) is 0 Å². The molecule has 0 aliphatic rings. The maximum absolute atomic E-state index is 10.7. The second-order valence-corrected chi connectivity index (χ2v) is 3.22. The molecular formula is C10H11NO3. The summed E-state index contributed by atoms with van der Waals surface area (Å²) in [7, 11) is 0. The van der Waals surface area contributed by atoms with Crippen LogP contribution in [0.25, 0.3) is 11.1 Å². The van der Waals surface area contributed by atoms with E-state index in [2.05, 4.69) is 4.98 Å². The van der Waals surface area contributed by atoms with Gasteiger partial charge in [-0.3, -0.25) is 0 Å². The molecule has 0 fully saturated rings. The minimum absolute atomic E-state index is 0.174. The van der Waals surface area contributed by atoms with Gasteiger partial charge < -0.3 is 14.5 Å². The van der Waals surface area contributed by atoms with Gasteiger partial charge in [0.15, 0.2) is 5.58 Å². The lowest BCUT2D eigenvalue weighted by Gasteiger charge is -1.91. The van der Waals surface area contributed by atoms with Gasteiger partial charge in [0.2, 0.25) is 0 Å². The van der Waals surface area contributed by atoms with E-state index < -0.39 is 5.97 Å². The predicted molar refractivity (Wildman–Crippen MR) is 51.6 cm³/mol. The Morgan fingerprint density at radius 2 is 2.36 bits per heavy atom. The van der Waals surface area contributed by atoms with Gasteiger partial charge in [-0.25, -0.2) is 4.79 Å². The molecule has 2 heterocycles. The molecule has 0 radical (unpaired) electrons. The van der Waals surface area contributed by atoms with Crippen molar-refractivity contribution < 1.29 is 14.3 Å². The van der Waals surface area contributed by atoms with Crippen LogP contribution in [0.5, 0.6) is 0 Å². The zero-order valence-corrected chi connectivity index (χ0v) is 8.05. The van der Waals surface area contributed by atoms with Crippen LogP contribution in [-0.2, 0) is 6.42 Å². The van der Waals surface area contributed by atoms with Gasteiger partial charge in [-0.2, -0.15) is 0 Å². The summed E-state index contributed by atoms with van der Waals surface area (Å²) in [6.45, 7) is 3.89. The molecule has 0 spiro atoms.